The lowest BCUT2D eigenvalue weighted by molar-refractivity contribution is -0.124. The second kappa shape index (κ2) is 6.07. The predicted molar refractivity (Wildman–Crippen MR) is 58.2 cm³/mol. The number of amides is 1. The molecule has 0 aromatic carbocycles. The second-order valence-electron chi connectivity index (χ2n) is 2.87. The van der Waals surface area contributed by atoms with Crippen LogP contribution in [0.1, 0.15) is 17.3 Å². The number of ether oxygens (including phenoxy) is 1. The molecule has 1 amide bonds. The fourth-order valence-electron chi connectivity index (χ4n) is 0.995. The van der Waals surface area contributed by atoms with Gasteiger partial charge in [-0.15, -0.1) is 0 Å². The number of nitrogens with zero attached hydrogens (tertiary/aromatic N) is 1. The molecule has 0 aliphatic rings. The van der Waals surface area contributed by atoms with Crippen molar-refractivity contribution >= 4 is 23.5 Å². The van der Waals surface area contributed by atoms with Crippen LogP contribution in [-0.4, -0.2) is 30.0 Å². The maximum atomic E-state index is 11.4. The molecular weight excluding hydrogens is 232 g/mol. The molecule has 6 heteroatoms. The Bertz CT molecular complexity index is 395. The highest BCUT2D eigenvalue weighted by Gasteiger charge is 2.13. The number of likely N-dealkylation sites (N-methyl/N-ethyl adjacent to an activating group) is 1. The first-order chi connectivity index (χ1) is 7.65. The average Bonchev–Trinajstić information content (AvgIpc) is 2.27. The Balaban J connectivity index is 2.54. The van der Waals surface area contributed by atoms with Crippen molar-refractivity contribution < 1.29 is 14.3 Å². The van der Waals surface area contributed by atoms with Crippen molar-refractivity contribution in [1.29, 1.82) is 0 Å². The van der Waals surface area contributed by atoms with Crippen LogP contribution in [-0.2, 0) is 9.53 Å². The fraction of sp³-hybridized carbons (Fsp3) is 0.300. The molecule has 0 saturated carbocycles. The van der Waals surface area contributed by atoms with Crippen LogP contribution < -0.4 is 5.32 Å². The zero-order valence-electron chi connectivity index (χ0n) is 8.70. The van der Waals surface area contributed by atoms with Crippen LogP contribution in [0.15, 0.2) is 18.3 Å². The van der Waals surface area contributed by atoms with Gasteiger partial charge in [-0.1, -0.05) is 11.6 Å². The highest BCUT2D eigenvalue weighted by atomic mass is 35.5. The highest BCUT2D eigenvalue weighted by Crippen LogP contribution is 2.12. The van der Waals surface area contributed by atoms with Gasteiger partial charge in [0.1, 0.15) is 5.15 Å². The molecule has 1 N–H and O–H groups in total. The summed E-state index contributed by atoms with van der Waals surface area (Å²) < 4.78 is 4.75. The molecule has 0 aliphatic heterocycles. The van der Waals surface area contributed by atoms with E-state index in [0.29, 0.717) is 6.54 Å². The molecule has 5 nitrogen and oxygen atoms in total. The maximum absolute atomic E-state index is 11.4. The van der Waals surface area contributed by atoms with Crippen LogP contribution >= 0.6 is 11.6 Å². The lowest BCUT2D eigenvalue weighted by Gasteiger charge is -2.05. The molecule has 0 unspecified atom stereocenters. The Morgan fingerprint density at radius 2 is 2.31 bits per heavy atom. The number of aromatic nitrogens is 1. The van der Waals surface area contributed by atoms with Crippen molar-refractivity contribution in [2.75, 3.05) is 13.2 Å². The summed E-state index contributed by atoms with van der Waals surface area (Å²) in [6, 6.07) is 3.05. The summed E-state index contributed by atoms with van der Waals surface area (Å²) in [5.74, 6) is -1.01. The smallest absolute Gasteiger partial charge is 0.341 e. The van der Waals surface area contributed by atoms with Crippen LogP contribution in [0.3, 0.4) is 0 Å². The van der Waals surface area contributed by atoms with Crippen LogP contribution in [0.4, 0.5) is 0 Å². The maximum Gasteiger partial charge on any atom is 0.341 e. The van der Waals surface area contributed by atoms with Crippen molar-refractivity contribution in [3.63, 3.8) is 0 Å². The zero-order valence-corrected chi connectivity index (χ0v) is 9.45. The number of hydrogen-bond donors (Lipinski definition) is 1. The first-order valence-electron chi connectivity index (χ1n) is 4.69. The minimum atomic E-state index is -0.663. The van der Waals surface area contributed by atoms with Gasteiger partial charge >= 0.3 is 5.97 Å². The second-order valence-corrected chi connectivity index (χ2v) is 3.23. The van der Waals surface area contributed by atoms with E-state index in [-0.39, 0.29) is 23.2 Å². The first kappa shape index (κ1) is 12.4. The van der Waals surface area contributed by atoms with Gasteiger partial charge in [0, 0.05) is 12.7 Å². The number of rotatable bonds is 4. The minimum Gasteiger partial charge on any atom is -0.452 e. The molecule has 0 aliphatic carbocycles. The number of esters is 1. The van der Waals surface area contributed by atoms with Gasteiger partial charge in [0.15, 0.2) is 6.61 Å². The van der Waals surface area contributed by atoms with Crippen molar-refractivity contribution in [3.8, 4) is 0 Å². The van der Waals surface area contributed by atoms with Gasteiger partial charge in [-0.05, 0) is 19.1 Å². The normalized spacial score (nSPS) is 9.62. The molecule has 86 valence electrons. The van der Waals surface area contributed by atoms with Gasteiger partial charge in [-0.25, -0.2) is 9.78 Å². The molecule has 1 heterocycles. The third-order valence-corrected chi connectivity index (χ3v) is 1.99. The van der Waals surface area contributed by atoms with Gasteiger partial charge in [0.05, 0.1) is 5.56 Å². The minimum absolute atomic E-state index is 0.0587. The third kappa shape index (κ3) is 3.51. The van der Waals surface area contributed by atoms with E-state index in [1.54, 1.807) is 13.0 Å². The van der Waals surface area contributed by atoms with Crippen LogP contribution in [0.5, 0.6) is 0 Å². The Morgan fingerprint density at radius 3 is 2.94 bits per heavy atom. The quantitative estimate of drug-likeness (QED) is 0.633. The van der Waals surface area contributed by atoms with Gasteiger partial charge in [-0.2, -0.15) is 0 Å². The molecular formula is C10H11ClN2O3. The van der Waals surface area contributed by atoms with Crippen LogP contribution in [0.2, 0.25) is 5.15 Å². The molecule has 16 heavy (non-hydrogen) atoms. The third-order valence-electron chi connectivity index (χ3n) is 1.69. The summed E-state index contributed by atoms with van der Waals surface area (Å²) in [6.07, 6.45) is 1.46. The topological polar surface area (TPSA) is 68.3 Å². The summed E-state index contributed by atoms with van der Waals surface area (Å²) in [7, 11) is 0. The van der Waals surface area contributed by atoms with Crippen molar-refractivity contribution in [2.24, 2.45) is 0 Å². The van der Waals surface area contributed by atoms with E-state index in [1.807, 2.05) is 0 Å². The Labute approximate surface area is 97.8 Å². The number of carbonyl (C=O) groups is 2. The molecule has 0 atom stereocenters. The molecule has 0 spiro atoms. The van der Waals surface area contributed by atoms with Crippen LogP contribution in [0, 0.1) is 0 Å². The summed E-state index contributed by atoms with van der Waals surface area (Å²) >= 11 is 5.68. The van der Waals surface area contributed by atoms with Gasteiger partial charge < -0.3 is 10.1 Å². The molecule has 0 radical (unpaired) electrons. The van der Waals surface area contributed by atoms with E-state index >= 15 is 0 Å². The van der Waals surface area contributed by atoms with E-state index in [4.69, 9.17) is 16.3 Å². The summed E-state index contributed by atoms with van der Waals surface area (Å²) in [4.78, 5) is 26.2. The van der Waals surface area contributed by atoms with Crippen molar-refractivity contribution in [3.05, 3.63) is 29.0 Å². The largest absolute Gasteiger partial charge is 0.452 e. The number of pyridine rings is 1. The summed E-state index contributed by atoms with van der Waals surface area (Å²) in [5.41, 5.74) is 0.147. The van der Waals surface area contributed by atoms with Crippen molar-refractivity contribution in [1.82, 2.24) is 10.3 Å². The average molecular weight is 243 g/mol. The molecule has 0 fully saturated rings. The van der Waals surface area contributed by atoms with Gasteiger partial charge in [0.25, 0.3) is 5.91 Å². The SMILES string of the molecule is CCNC(=O)COC(=O)c1cccnc1Cl. The van der Waals surface area contributed by atoms with E-state index < -0.39 is 5.97 Å². The van der Waals surface area contributed by atoms with Gasteiger partial charge in [0.2, 0.25) is 0 Å². The van der Waals surface area contributed by atoms with E-state index in [2.05, 4.69) is 10.3 Å². The zero-order chi connectivity index (χ0) is 12.0. The first-order valence-corrected chi connectivity index (χ1v) is 5.07. The number of carbonyl (C=O) groups excluding carboxylic acids is 2. The molecule has 0 bridgehead atoms. The lowest BCUT2D eigenvalue weighted by Crippen LogP contribution is -2.28. The van der Waals surface area contributed by atoms with Gasteiger partial charge in [-0.3, -0.25) is 4.79 Å². The van der Waals surface area contributed by atoms with E-state index in [1.165, 1.54) is 12.3 Å². The monoisotopic (exact) mass is 242 g/mol. The molecule has 1 rings (SSSR count). The lowest BCUT2D eigenvalue weighted by atomic mass is 10.3. The van der Waals surface area contributed by atoms with E-state index in [9.17, 15) is 9.59 Å². The molecule has 1 aromatic heterocycles. The Kier molecular flexibility index (Phi) is 4.72. The molecule has 1 aromatic rings. The number of nitrogens with one attached hydrogen (secondary N) is 1. The molecule has 0 saturated heterocycles. The van der Waals surface area contributed by atoms with E-state index in [0.717, 1.165) is 0 Å². The number of halogens is 1. The summed E-state index contributed by atoms with van der Waals surface area (Å²) in [6.45, 7) is 1.94. The Hall–Kier alpha value is -1.62. The predicted octanol–water partition coefficient (Wildman–Crippen LogP) is 1.03. The Morgan fingerprint density at radius 1 is 1.56 bits per heavy atom. The number of hydrogen-bond acceptors (Lipinski definition) is 4. The summed E-state index contributed by atoms with van der Waals surface area (Å²) in [5, 5.41) is 2.56. The standard InChI is InChI=1S/C10H11ClN2O3/c1-2-12-8(14)6-16-10(15)7-4-3-5-13-9(7)11/h3-5H,2,6H2,1H3,(H,12,14). The van der Waals surface area contributed by atoms with Crippen LogP contribution in [0.25, 0.3) is 0 Å². The van der Waals surface area contributed by atoms with Crippen molar-refractivity contribution in [2.45, 2.75) is 6.92 Å². The fourth-order valence-corrected chi connectivity index (χ4v) is 1.19. The highest BCUT2D eigenvalue weighted by molar-refractivity contribution is 6.32.